The van der Waals surface area contributed by atoms with Crippen LogP contribution in [-0.2, 0) is 5.41 Å². The number of rotatable bonds is 4. The lowest BCUT2D eigenvalue weighted by Crippen LogP contribution is -2.32. The van der Waals surface area contributed by atoms with Crippen molar-refractivity contribution in [1.82, 2.24) is 14.9 Å². The van der Waals surface area contributed by atoms with Crippen molar-refractivity contribution >= 4 is 17.4 Å². The summed E-state index contributed by atoms with van der Waals surface area (Å²) < 4.78 is 3.83. The molecule has 96 valence electrons. The van der Waals surface area contributed by atoms with Gasteiger partial charge in [0.1, 0.15) is 4.88 Å². The third-order valence-electron chi connectivity index (χ3n) is 2.37. The number of nitrogens with zero attached hydrogens (tertiary/aromatic N) is 2. The second-order valence-corrected chi connectivity index (χ2v) is 5.73. The Morgan fingerprint density at radius 3 is 2.71 bits per heavy atom. The van der Waals surface area contributed by atoms with Crippen LogP contribution in [-0.4, -0.2) is 33.2 Å². The molecule has 1 atom stereocenters. The highest BCUT2D eigenvalue weighted by molar-refractivity contribution is 7.08. The number of nitrogens with one attached hydrogen (secondary N) is 1. The molecule has 1 rings (SSSR count). The van der Waals surface area contributed by atoms with E-state index in [0.29, 0.717) is 17.0 Å². The molecule has 1 unspecified atom stereocenters. The average Bonchev–Trinajstić information content (AvgIpc) is 2.73. The lowest BCUT2D eigenvalue weighted by Gasteiger charge is -2.16. The number of amides is 1. The van der Waals surface area contributed by atoms with Crippen LogP contribution >= 0.6 is 11.5 Å². The van der Waals surface area contributed by atoms with Crippen LogP contribution in [0.3, 0.4) is 0 Å². The Morgan fingerprint density at radius 1 is 1.53 bits per heavy atom. The van der Waals surface area contributed by atoms with Gasteiger partial charge >= 0.3 is 0 Å². The largest absolute Gasteiger partial charge is 0.391 e. The lowest BCUT2D eigenvalue weighted by molar-refractivity contribution is 0.0915. The summed E-state index contributed by atoms with van der Waals surface area (Å²) in [6.45, 7) is 8.09. The second kappa shape index (κ2) is 5.55. The predicted molar refractivity (Wildman–Crippen MR) is 67.2 cm³/mol. The van der Waals surface area contributed by atoms with E-state index < -0.39 is 6.10 Å². The van der Waals surface area contributed by atoms with Gasteiger partial charge in [-0.05, 0) is 18.0 Å². The van der Waals surface area contributed by atoms with E-state index in [4.69, 9.17) is 0 Å². The number of aromatic nitrogens is 2. The van der Waals surface area contributed by atoms with Crippen molar-refractivity contribution in [3.8, 4) is 0 Å². The fraction of sp³-hybridized carbons (Fsp3) is 0.727. The van der Waals surface area contributed by atoms with Crippen molar-refractivity contribution in [2.24, 2.45) is 0 Å². The number of aliphatic hydroxyl groups is 1. The molecule has 0 saturated carbocycles. The van der Waals surface area contributed by atoms with Crippen LogP contribution < -0.4 is 5.32 Å². The molecule has 0 aliphatic rings. The molecule has 1 aromatic rings. The first-order valence-electron chi connectivity index (χ1n) is 5.65. The van der Waals surface area contributed by atoms with Crippen LogP contribution in [0.2, 0.25) is 0 Å². The van der Waals surface area contributed by atoms with Gasteiger partial charge in [-0.2, -0.15) is 0 Å². The molecule has 0 fully saturated rings. The molecular weight excluding hydrogens is 238 g/mol. The second-order valence-electron chi connectivity index (χ2n) is 4.97. The first-order valence-corrected chi connectivity index (χ1v) is 6.42. The minimum Gasteiger partial charge on any atom is -0.391 e. The third-order valence-corrected chi connectivity index (χ3v) is 3.10. The summed E-state index contributed by atoms with van der Waals surface area (Å²) in [6.07, 6.45) is 0.116. The zero-order valence-electron chi connectivity index (χ0n) is 10.6. The highest BCUT2D eigenvalue weighted by Crippen LogP contribution is 2.25. The Labute approximate surface area is 105 Å². The van der Waals surface area contributed by atoms with Gasteiger partial charge in [0.25, 0.3) is 5.91 Å². The standard InChI is InChI=1S/C11H19N3O2S/c1-5-7(15)6-12-10(16)8-9(11(2,3)4)13-14-17-8/h7,15H,5-6H2,1-4H3,(H,12,16). The van der Waals surface area contributed by atoms with Crippen molar-refractivity contribution in [2.45, 2.75) is 45.6 Å². The molecule has 0 bridgehead atoms. The number of carbonyl (C=O) groups is 1. The zero-order valence-corrected chi connectivity index (χ0v) is 11.5. The Kier molecular flexibility index (Phi) is 4.59. The van der Waals surface area contributed by atoms with E-state index in [-0.39, 0.29) is 17.9 Å². The van der Waals surface area contributed by atoms with E-state index >= 15 is 0 Å². The SMILES string of the molecule is CCC(O)CNC(=O)c1snnc1C(C)(C)C. The van der Waals surface area contributed by atoms with Gasteiger partial charge in [-0.25, -0.2) is 0 Å². The summed E-state index contributed by atoms with van der Waals surface area (Å²) in [5.74, 6) is -0.211. The fourth-order valence-electron chi connectivity index (χ4n) is 1.27. The van der Waals surface area contributed by atoms with Crippen LogP contribution in [0.1, 0.15) is 49.5 Å². The number of aliphatic hydroxyl groups excluding tert-OH is 1. The molecule has 0 spiro atoms. The maximum atomic E-state index is 11.9. The van der Waals surface area contributed by atoms with E-state index in [9.17, 15) is 9.90 Å². The van der Waals surface area contributed by atoms with Crippen LogP contribution in [0.15, 0.2) is 0 Å². The average molecular weight is 257 g/mol. The summed E-state index contributed by atoms with van der Waals surface area (Å²) in [4.78, 5) is 12.4. The van der Waals surface area contributed by atoms with Crippen LogP contribution in [0.25, 0.3) is 0 Å². The Bertz CT molecular complexity index is 384. The van der Waals surface area contributed by atoms with E-state index in [1.165, 1.54) is 0 Å². The Hall–Kier alpha value is -1.01. The van der Waals surface area contributed by atoms with Gasteiger partial charge in [0.05, 0.1) is 11.8 Å². The van der Waals surface area contributed by atoms with Gasteiger partial charge in [-0.3, -0.25) is 4.79 Å². The summed E-state index contributed by atoms with van der Waals surface area (Å²) in [5.41, 5.74) is 0.495. The van der Waals surface area contributed by atoms with Crippen molar-refractivity contribution in [3.63, 3.8) is 0 Å². The topological polar surface area (TPSA) is 75.1 Å². The molecule has 2 N–H and O–H groups in total. The fourth-order valence-corrected chi connectivity index (χ4v) is 2.06. The normalized spacial score (nSPS) is 13.5. The monoisotopic (exact) mass is 257 g/mol. The van der Waals surface area contributed by atoms with Crippen molar-refractivity contribution in [1.29, 1.82) is 0 Å². The summed E-state index contributed by atoms with van der Waals surface area (Å²) in [7, 11) is 0. The highest BCUT2D eigenvalue weighted by Gasteiger charge is 2.26. The smallest absolute Gasteiger partial charge is 0.265 e. The van der Waals surface area contributed by atoms with Gasteiger partial charge in [0.15, 0.2) is 0 Å². The molecule has 0 aliphatic carbocycles. The number of hydrogen-bond acceptors (Lipinski definition) is 5. The first kappa shape index (κ1) is 14.1. The molecular formula is C11H19N3O2S. The van der Waals surface area contributed by atoms with Gasteiger partial charge in [0, 0.05) is 12.0 Å². The number of hydrogen-bond donors (Lipinski definition) is 2. The molecule has 17 heavy (non-hydrogen) atoms. The number of carbonyl (C=O) groups excluding carboxylic acids is 1. The molecule has 5 nitrogen and oxygen atoms in total. The van der Waals surface area contributed by atoms with Crippen molar-refractivity contribution in [2.75, 3.05) is 6.54 Å². The third kappa shape index (κ3) is 3.74. The maximum absolute atomic E-state index is 11.9. The summed E-state index contributed by atoms with van der Waals surface area (Å²) in [6, 6.07) is 0. The molecule has 0 aromatic carbocycles. The summed E-state index contributed by atoms with van der Waals surface area (Å²) in [5, 5.41) is 16.1. The molecule has 1 heterocycles. The first-order chi connectivity index (χ1) is 7.86. The van der Waals surface area contributed by atoms with Gasteiger partial charge in [-0.1, -0.05) is 32.2 Å². The van der Waals surface area contributed by atoms with Crippen LogP contribution in [0.4, 0.5) is 0 Å². The quantitative estimate of drug-likeness (QED) is 0.853. The Morgan fingerprint density at radius 2 is 2.18 bits per heavy atom. The maximum Gasteiger partial charge on any atom is 0.265 e. The van der Waals surface area contributed by atoms with Gasteiger partial charge < -0.3 is 10.4 Å². The van der Waals surface area contributed by atoms with E-state index in [1.807, 2.05) is 27.7 Å². The molecule has 6 heteroatoms. The van der Waals surface area contributed by atoms with Gasteiger partial charge in [-0.15, -0.1) is 5.10 Å². The highest BCUT2D eigenvalue weighted by atomic mass is 32.1. The Balaban J connectivity index is 2.73. The minimum atomic E-state index is -0.502. The minimum absolute atomic E-state index is 0.205. The van der Waals surface area contributed by atoms with E-state index in [2.05, 4.69) is 14.9 Å². The van der Waals surface area contributed by atoms with Crippen LogP contribution in [0, 0.1) is 0 Å². The zero-order chi connectivity index (χ0) is 13.1. The van der Waals surface area contributed by atoms with Gasteiger partial charge in [0.2, 0.25) is 0 Å². The predicted octanol–water partition coefficient (Wildman–Crippen LogP) is 1.34. The molecule has 1 amide bonds. The molecule has 0 saturated heterocycles. The summed E-state index contributed by atoms with van der Waals surface area (Å²) >= 11 is 1.09. The lowest BCUT2D eigenvalue weighted by atomic mass is 9.91. The van der Waals surface area contributed by atoms with Crippen LogP contribution in [0.5, 0.6) is 0 Å². The molecule has 0 radical (unpaired) electrons. The van der Waals surface area contributed by atoms with Crippen molar-refractivity contribution in [3.05, 3.63) is 10.6 Å². The van der Waals surface area contributed by atoms with E-state index in [0.717, 1.165) is 11.5 Å². The van der Waals surface area contributed by atoms with E-state index in [1.54, 1.807) is 0 Å². The molecule has 1 aromatic heterocycles. The molecule has 0 aliphatic heterocycles. The van der Waals surface area contributed by atoms with Crippen molar-refractivity contribution < 1.29 is 9.90 Å².